The molecule has 1 amide bonds. The van der Waals surface area contributed by atoms with E-state index in [2.05, 4.69) is 5.32 Å². The van der Waals surface area contributed by atoms with Gasteiger partial charge >= 0.3 is 11.6 Å². The number of carbonyl (C=O) groups is 2. The number of carbonyl (C=O) groups excluding carboxylic acids is 1. The third-order valence-corrected chi connectivity index (χ3v) is 5.20. The molecule has 156 valence electrons. The molecule has 3 rings (SSSR count). The smallest absolute Gasteiger partial charge is 0.339 e. The summed E-state index contributed by atoms with van der Waals surface area (Å²) in [5.41, 5.74) is 1.92. The highest BCUT2D eigenvalue weighted by Crippen LogP contribution is 2.29. The zero-order valence-corrected chi connectivity index (χ0v) is 17.0. The van der Waals surface area contributed by atoms with E-state index in [1.54, 1.807) is 19.1 Å². The second-order valence-corrected chi connectivity index (χ2v) is 8.00. The molecular formula is C22H27NO6. The molecule has 7 nitrogen and oxygen atoms in total. The van der Waals surface area contributed by atoms with E-state index in [1.165, 1.54) is 0 Å². The van der Waals surface area contributed by atoms with Gasteiger partial charge in [-0.3, -0.25) is 4.79 Å². The number of carboxylic acids is 1. The van der Waals surface area contributed by atoms with Crippen molar-refractivity contribution in [1.82, 2.24) is 5.32 Å². The topological polar surface area (TPSA) is 106 Å². The maximum Gasteiger partial charge on any atom is 0.339 e. The van der Waals surface area contributed by atoms with Crippen LogP contribution in [0.2, 0.25) is 0 Å². The number of hydrogen-bond acceptors (Lipinski definition) is 5. The zero-order valence-electron chi connectivity index (χ0n) is 17.0. The Morgan fingerprint density at radius 1 is 1.17 bits per heavy atom. The van der Waals surface area contributed by atoms with Crippen molar-refractivity contribution in [2.75, 3.05) is 0 Å². The molecule has 1 aliphatic carbocycles. The molecule has 1 aliphatic rings. The monoisotopic (exact) mass is 401 g/mol. The average Bonchev–Trinajstić information content (AvgIpc) is 2.67. The molecule has 0 radical (unpaired) electrons. The van der Waals surface area contributed by atoms with Gasteiger partial charge in [0.05, 0.1) is 0 Å². The minimum Gasteiger partial charge on any atom is -0.481 e. The van der Waals surface area contributed by atoms with E-state index < -0.39 is 24.0 Å². The molecule has 0 spiro atoms. The molecule has 1 heterocycles. The lowest BCUT2D eigenvalue weighted by Gasteiger charge is -2.20. The number of amides is 1. The van der Waals surface area contributed by atoms with Crippen molar-refractivity contribution in [3.05, 3.63) is 39.7 Å². The van der Waals surface area contributed by atoms with Crippen molar-refractivity contribution in [2.24, 2.45) is 5.92 Å². The number of aliphatic carboxylic acids is 1. The normalized spacial score (nSPS) is 15.6. The molecule has 1 aromatic heterocycles. The molecule has 29 heavy (non-hydrogen) atoms. The lowest BCUT2D eigenvalue weighted by molar-refractivity contribution is -0.143. The molecule has 7 heteroatoms. The quantitative estimate of drug-likeness (QED) is 0.691. The first-order valence-corrected chi connectivity index (χ1v) is 10.0. The van der Waals surface area contributed by atoms with Crippen LogP contribution in [0.4, 0.5) is 0 Å². The Morgan fingerprint density at radius 3 is 2.52 bits per heavy atom. The maximum atomic E-state index is 12.4. The summed E-state index contributed by atoms with van der Waals surface area (Å²) < 4.78 is 11.2. The first-order valence-electron chi connectivity index (χ1n) is 10.0. The highest BCUT2D eigenvalue weighted by atomic mass is 16.5. The Morgan fingerprint density at radius 2 is 1.86 bits per heavy atom. The summed E-state index contributed by atoms with van der Waals surface area (Å²) in [6.07, 6.45) is 3.06. The number of nitrogens with one attached hydrogen (secondary N) is 1. The van der Waals surface area contributed by atoms with E-state index >= 15 is 0 Å². The molecule has 0 saturated carbocycles. The minimum absolute atomic E-state index is 0.127. The van der Waals surface area contributed by atoms with Gasteiger partial charge in [0.15, 0.2) is 6.10 Å². The van der Waals surface area contributed by atoms with Crippen LogP contribution in [-0.4, -0.2) is 29.1 Å². The maximum absolute atomic E-state index is 12.4. The molecule has 0 unspecified atom stereocenters. The summed E-state index contributed by atoms with van der Waals surface area (Å²) in [5.74, 6) is -1.07. The summed E-state index contributed by atoms with van der Waals surface area (Å²) in [7, 11) is 0. The largest absolute Gasteiger partial charge is 0.481 e. The lowest BCUT2D eigenvalue weighted by atomic mass is 9.91. The molecular weight excluding hydrogens is 374 g/mol. The van der Waals surface area contributed by atoms with Crippen LogP contribution < -0.4 is 15.7 Å². The fourth-order valence-electron chi connectivity index (χ4n) is 3.74. The Kier molecular flexibility index (Phi) is 6.25. The first kappa shape index (κ1) is 20.9. The van der Waals surface area contributed by atoms with Crippen molar-refractivity contribution in [3.8, 4) is 5.75 Å². The van der Waals surface area contributed by atoms with Crippen LogP contribution in [-0.2, 0) is 22.4 Å². The van der Waals surface area contributed by atoms with Gasteiger partial charge in [-0.25, -0.2) is 9.59 Å². The highest BCUT2D eigenvalue weighted by Gasteiger charge is 2.25. The van der Waals surface area contributed by atoms with E-state index in [9.17, 15) is 19.5 Å². The van der Waals surface area contributed by atoms with Gasteiger partial charge in [0.1, 0.15) is 17.4 Å². The van der Waals surface area contributed by atoms with E-state index in [1.807, 2.05) is 19.9 Å². The van der Waals surface area contributed by atoms with Crippen LogP contribution in [0.25, 0.3) is 11.0 Å². The van der Waals surface area contributed by atoms with Gasteiger partial charge in [0.25, 0.3) is 5.91 Å². The van der Waals surface area contributed by atoms with Crippen LogP contribution in [0.1, 0.15) is 51.2 Å². The molecule has 0 fully saturated rings. The number of benzene rings is 1. The highest BCUT2D eigenvalue weighted by molar-refractivity contribution is 5.86. The van der Waals surface area contributed by atoms with Gasteiger partial charge < -0.3 is 19.6 Å². The lowest BCUT2D eigenvalue weighted by Crippen LogP contribution is -2.46. The number of carboxylic acid groups (broad SMARTS) is 1. The number of hydrogen-bond donors (Lipinski definition) is 2. The van der Waals surface area contributed by atoms with Crippen LogP contribution in [0.3, 0.4) is 0 Å². The van der Waals surface area contributed by atoms with E-state index in [4.69, 9.17) is 9.15 Å². The SMILES string of the molecule is CC(C)C[C@H](NC(=O)[C@H](C)Oc1ccc2c3c(c(=O)oc2c1)CCCC3)C(=O)O. The van der Waals surface area contributed by atoms with Crippen molar-refractivity contribution in [1.29, 1.82) is 0 Å². The fourth-order valence-corrected chi connectivity index (χ4v) is 3.74. The number of aryl methyl sites for hydroxylation is 1. The average molecular weight is 401 g/mol. The van der Waals surface area contributed by atoms with E-state index in [0.717, 1.165) is 42.2 Å². The second-order valence-electron chi connectivity index (χ2n) is 8.00. The molecule has 1 aromatic carbocycles. The predicted octanol–water partition coefficient (Wildman–Crippen LogP) is 3.05. The van der Waals surface area contributed by atoms with Crippen molar-refractivity contribution in [3.63, 3.8) is 0 Å². The van der Waals surface area contributed by atoms with Gasteiger partial charge in [-0.05, 0) is 62.6 Å². The van der Waals surface area contributed by atoms with Gasteiger partial charge in [-0.15, -0.1) is 0 Å². The number of ether oxygens (including phenoxy) is 1. The summed E-state index contributed by atoms with van der Waals surface area (Å²) in [6, 6.07) is 4.23. The van der Waals surface area contributed by atoms with Crippen molar-refractivity contribution in [2.45, 2.75) is 65.0 Å². The van der Waals surface area contributed by atoms with Gasteiger partial charge in [-0.2, -0.15) is 0 Å². The Hall–Kier alpha value is -2.83. The zero-order chi connectivity index (χ0) is 21.1. The third kappa shape index (κ3) is 4.78. The van der Waals surface area contributed by atoms with Crippen LogP contribution in [0.5, 0.6) is 5.75 Å². The Bertz CT molecular complexity index is 977. The third-order valence-electron chi connectivity index (χ3n) is 5.20. The molecule has 0 aliphatic heterocycles. The standard InChI is InChI=1S/C22H27NO6/c1-12(2)10-18(21(25)26)23-20(24)13(3)28-14-8-9-16-15-6-4-5-7-17(15)22(27)29-19(16)11-14/h8-9,11-13,18H,4-7,10H2,1-3H3,(H,23,24)(H,25,26)/t13-,18-/m0/s1. The van der Waals surface area contributed by atoms with E-state index in [0.29, 0.717) is 17.8 Å². The van der Waals surface area contributed by atoms with Crippen LogP contribution in [0, 0.1) is 5.92 Å². The van der Waals surface area contributed by atoms with Gasteiger partial charge in [0.2, 0.25) is 0 Å². The molecule has 2 aromatic rings. The molecule has 0 saturated heterocycles. The fraction of sp³-hybridized carbons (Fsp3) is 0.500. The van der Waals surface area contributed by atoms with Crippen molar-refractivity contribution < 1.29 is 23.8 Å². The van der Waals surface area contributed by atoms with E-state index in [-0.39, 0.29) is 11.5 Å². The summed E-state index contributed by atoms with van der Waals surface area (Å²) in [6.45, 7) is 5.34. The van der Waals surface area contributed by atoms with Gasteiger partial charge in [0, 0.05) is 17.0 Å². The van der Waals surface area contributed by atoms with Crippen molar-refractivity contribution >= 4 is 22.8 Å². The number of rotatable bonds is 7. The Balaban J connectivity index is 1.76. The summed E-state index contributed by atoms with van der Waals surface area (Å²) in [4.78, 5) is 36.0. The number of fused-ring (bicyclic) bond motifs is 3. The molecule has 2 N–H and O–H groups in total. The van der Waals surface area contributed by atoms with Gasteiger partial charge in [-0.1, -0.05) is 13.8 Å². The summed E-state index contributed by atoms with van der Waals surface area (Å²) in [5, 5.41) is 12.7. The van der Waals surface area contributed by atoms with Crippen LogP contribution in [0.15, 0.2) is 27.4 Å². The molecule has 0 bridgehead atoms. The first-order chi connectivity index (χ1) is 13.8. The summed E-state index contributed by atoms with van der Waals surface area (Å²) >= 11 is 0. The minimum atomic E-state index is -1.07. The Labute approximate surface area is 169 Å². The van der Waals surface area contributed by atoms with Crippen LogP contribution >= 0.6 is 0 Å². The predicted molar refractivity (Wildman–Crippen MR) is 108 cm³/mol. The second kappa shape index (κ2) is 8.68. The molecule has 2 atom stereocenters.